The van der Waals surface area contributed by atoms with Crippen LogP contribution >= 0.6 is 0 Å². The molecule has 0 saturated heterocycles. The Labute approximate surface area is 212 Å². The van der Waals surface area contributed by atoms with E-state index in [1.165, 1.54) is 11.9 Å². The third-order valence-electron chi connectivity index (χ3n) is 5.90. The van der Waals surface area contributed by atoms with Crippen molar-refractivity contribution in [1.82, 2.24) is 10.6 Å². The van der Waals surface area contributed by atoms with Gasteiger partial charge >= 0.3 is 6.09 Å². The second-order valence-corrected chi connectivity index (χ2v) is 8.27. The zero-order chi connectivity index (χ0) is 25.8. The summed E-state index contributed by atoms with van der Waals surface area (Å²) in [6.07, 6.45) is -2.16. The van der Waals surface area contributed by atoms with Crippen molar-refractivity contribution in [2.75, 3.05) is 25.3 Å². The third-order valence-corrected chi connectivity index (χ3v) is 5.90. The van der Waals surface area contributed by atoms with Gasteiger partial charge in [0.2, 0.25) is 18.9 Å². The second-order valence-electron chi connectivity index (χ2n) is 8.27. The molecule has 0 aliphatic carbocycles. The number of para-hydroxylation sites is 1. The van der Waals surface area contributed by atoms with Crippen LogP contribution in [0.1, 0.15) is 16.7 Å². The summed E-state index contributed by atoms with van der Waals surface area (Å²) in [5.41, 5.74) is 2.98. The number of benzene rings is 3. The molecule has 188 valence electrons. The van der Waals surface area contributed by atoms with Crippen molar-refractivity contribution in [3.8, 4) is 11.5 Å². The minimum Gasteiger partial charge on any atom is -0.454 e. The first-order valence-corrected chi connectivity index (χ1v) is 11.6. The summed E-state index contributed by atoms with van der Waals surface area (Å²) in [5, 5.41) is 5.10. The Hall–Kier alpha value is -4.86. The van der Waals surface area contributed by atoms with E-state index in [1.807, 2.05) is 36.4 Å². The lowest BCUT2D eigenvalue weighted by atomic mass is 9.99. The van der Waals surface area contributed by atoms with E-state index < -0.39 is 18.2 Å². The average molecular weight is 501 g/mol. The number of rotatable bonds is 6. The first-order valence-electron chi connectivity index (χ1n) is 11.6. The molecule has 0 saturated carbocycles. The molecule has 5 rings (SSSR count). The molecule has 0 fully saturated rings. The van der Waals surface area contributed by atoms with Crippen molar-refractivity contribution >= 4 is 29.3 Å². The summed E-state index contributed by atoms with van der Waals surface area (Å²) in [7, 11) is 1.49. The molecule has 1 atom stereocenters. The number of hydrogen-bond acceptors (Lipinski definition) is 7. The van der Waals surface area contributed by atoms with E-state index in [2.05, 4.69) is 15.6 Å². The predicted molar refractivity (Wildman–Crippen MR) is 135 cm³/mol. The lowest BCUT2D eigenvalue weighted by molar-refractivity contribution is -0.124. The molecule has 1 unspecified atom stereocenters. The number of hydrogen-bond donors (Lipinski definition) is 2. The fourth-order valence-corrected chi connectivity index (χ4v) is 4.06. The molecular formula is C27H24N4O6. The number of carbonyl (C=O) groups excluding carboxylic acids is 3. The lowest BCUT2D eigenvalue weighted by Crippen LogP contribution is -2.50. The number of likely N-dealkylation sites (N-methyl/N-ethyl adjacent to an activating group) is 1. The van der Waals surface area contributed by atoms with E-state index in [4.69, 9.17) is 14.2 Å². The molecule has 0 bridgehead atoms. The average Bonchev–Trinajstić information content (AvgIpc) is 3.37. The molecule has 3 amide bonds. The second kappa shape index (κ2) is 10.4. The van der Waals surface area contributed by atoms with Crippen LogP contribution in [0.5, 0.6) is 11.5 Å². The summed E-state index contributed by atoms with van der Waals surface area (Å²) in [6.45, 7) is -0.125. The Morgan fingerprint density at radius 3 is 2.59 bits per heavy atom. The highest BCUT2D eigenvalue weighted by Gasteiger charge is 2.34. The van der Waals surface area contributed by atoms with E-state index in [1.54, 1.807) is 36.4 Å². The van der Waals surface area contributed by atoms with Gasteiger partial charge in [-0.2, -0.15) is 0 Å². The van der Waals surface area contributed by atoms with Gasteiger partial charge in [-0.15, -0.1) is 0 Å². The zero-order valence-electron chi connectivity index (χ0n) is 20.0. The molecule has 10 nitrogen and oxygen atoms in total. The predicted octanol–water partition coefficient (Wildman–Crippen LogP) is 2.60. The van der Waals surface area contributed by atoms with Gasteiger partial charge in [0, 0.05) is 18.2 Å². The minimum atomic E-state index is -1.35. The van der Waals surface area contributed by atoms with Crippen molar-refractivity contribution in [2.24, 2.45) is 4.99 Å². The van der Waals surface area contributed by atoms with E-state index >= 15 is 0 Å². The monoisotopic (exact) mass is 500 g/mol. The molecule has 0 spiro atoms. The van der Waals surface area contributed by atoms with Crippen LogP contribution in [0.2, 0.25) is 0 Å². The number of amides is 3. The number of fused-ring (bicyclic) bond motifs is 2. The van der Waals surface area contributed by atoms with Crippen LogP contribution in [0.25, 0.3) is 0 Å². The van der Waals surface area contributed by atoms with E-state index in [9.17, 15) is 14.4 Å². The number of carbonyl (C=O) groups is 3. The van der Waals surface area contributed by atoms with Crippen LogP contribution < -0.4 is 25.0 Å². The Morgan fingerprint density at radius 1 is 1.03 bits per heavy atom. The molecule has 2 heterocycles. The van der Waals surface area contributed by atoms with Crippen molar-refractivity contribution in [2.45, 2.75) is 12.8 Å². The highest BCUT2D eigenvalue weighted by Crippen LogP contribution is 2.35. The number of alkyl carbamates (subject to hydrolysis) is 1. The summed E-state index contributed by atoms with van der Waals surface area (Å²) >= 11 is 0. The standard InChI is InChI=1S/C27H24N4O6/c1-28-23(32)14-31-20-10-6-5-9-19(20)24(18-11-12-21-22(13-18)37-16-36-21)29-25(26(31)33)30-27(34)35-15-17-7-3-2-4-8-17/h2-13,25H,14-16H2,1H3,(H,28,32)(H,30,34). The Bertz CT molecular complexity index is 1370. The van der Waals surface area contributed by atoms with E-state index in [0.29, 0.717) is 34.0 Å². The van der Waals surface area contributed by atoms with Crippen molar-refractivity contribution in [3.05, 3.63) is 89.5 Å². The highest BCUT2D eigenvalue weighted by molar-refractivity contribution is 6.21. The molecule has 2 aliphatic rings. The van der Waals surface area contributed by atoms with Gasteiger partial charge in [-0.3, -0.25) is 19.8 Å². The van der Waals surface area contributed by atoms with Gasteiger partial charge in [0.1, 0.15) is 13.2 Å². The van der Waals surface area contributed by atoms with E-state index in [-0.39, 0.29) is 25.9 Å². The number of nitrogens with zero attached hydrogens (tertiary/aromatic N) is 2. The van der Waals surface area contributed by atoms with Crippen LogP contribution in [0, 0.1) is 0 Å². The van der Waals surface area contributed by atoms with Gasteiger partial charge in [-0.05, 0) is 29.8 Å². The largest absolute Gasteiger partial charge is 0.454 e. The van der Waals surface area contributed by atoms with Gasteiger partial charge in [-0.25, -0.2) is 9.79 Å². The van der Waals surface area contributed by atoms with Crippen LogP contribution in [-0.2, 0) is 20.9 Å². The van der Waals surface area contributed by atoms with Gasteiger partial charge in [-0.1, -0.05) is 48.5 Å². The molecular weight excluding hydrogens is 476 g/mol. The molecule has 2 aliphatic heterocycles. The number of benzodiazepines with no additional fused rings is 1. The summed E-state index contributed by atoms with van der Waals surface area (Å²) in [4.78, 5) is 44.7. The number of nitrogens with one attached hydrogen (secondary N) is 2. The Morgan fingerprint density at radius 2 is 1.78 bits per heavy atom. The fourth-order valence-electron chi connectivity index (χ4n) is 4.06. The first kappa shape index (κ1) is 23.9. The number of ether oxygens (including phenoxy) is 3. The summed E-state index contributed by atoms with van der Waals surface area (Å²) in [6, 6.07) is 21.6. The zero-order valence-corrected chi connectivity index (χ0v) is 20.0. The Balaban J connectivity index is 1.51. The Kier molecular flexibility index (Phi) is 6.71. The summed E-state index contributed by atoms with van der Waals surface area (Å²) in [5.74, 6) is 0.188. The molecule has 10 heteroatoms. The SMILES string of the molecule is CNC(=O)CN1C(=O)C(NC(=O)OCc2ccccc2)N=C(c2ccc3c(c2)OCO3)c2ccccc21. The molecule has 0 aromatic heterocycles. The first-order chi connectivity index (χ1) is 18.0. The molecule has 0 radical (unpaired) electrons. The number of anilines is 1. The maximum Gasteiger partial charge on any atom is 0.409 e. The normalized spacial score (nSPS) is 15.8. The van der Waals surface area contributed by atoms with Crippen molar-refractivity contribution in [3.63, 3.8) is 0 Å². The van der Waals surface area contributed by atoms with E-state index in [0.717, 1.165) is 5.56 Å². The van der Waals surface area contributed by atoms with Gasteiger partial charge < -0.3 is 19.5 Å². The molecule has 3 aromatic carbocycles. The maximum atomic E-state index is 13.7. The van der Waals surface area contributed by atoms with Crippen LogP contribution in [0.3, 0.4) is 0 Å². The smallest absolute Gasteiger partial charge is 0.409 e. The fraction of sp³-hybridized carbons (Fsp3) is 0.185. The minimum absolute atomic E-state index is 0.0223. The molecule has 3 aromatic rings. The topological polar surface area (TPSA) is 119 Å². The van der Waals surface area contributed by atoms with Crippen LogP contribution in [-0.4, -0.2) is 50.2 Å². The quantitative estimate of drug-likeness (QED) is 0.537. The van der Waals surface area contributed by atoms with Gasteiger partial charge in [0.15, 0.2) is 11.5 Å². The molecule has 37 heavy (non-hydrogen) atoms. The lowest BCUT2D eigenvalue weighted by Gasteiger charge is -2.24. The highest BCUT2D eigenvalue weighted by atomic mass is 16.7. The van der Waals surface area contributed by atoms with Gasteiger partial charge in [0.25, 0.3) is 5.91 Å². The van der Waals surface area contributed by atoms with Crippen LogP contribution in [0.4, 0.5) is 10.5 Å². The van der Waals surface area contributed by atoms with Crippen molar-refractivity contribution < 1.29 is 28.6 Å². The van der Waals surface area contributed by atoms with Crippen LogP contribution in [0.15, 0.2) is 77.8 Å². The maximum absolute atomic E-state index is 13.7. The third kappa shape index (κ3) is 5.08. The summed E-state index contributed by atoms with van der Waals surface area (Å²) < 4.78 is 16.3. The molecule has 2 N–H and O–H groups in total. The number of aliphatic imine (C=N–C) groups is 1. The van der Waals surface area contributed by atoms with Gasteiger partial charge in [0.05, 0.1) is 11.4 Å². The van der Waals surface area contributed by atoms with Crippen molar-refractivity contribution in [1.29, 1.82) is 0 Å².